The second kappa shape index (κ2) is 6.31. The lowest BCUT2D eigenvalue weighted by molar-refractivity contribution is -0.00117. The predicted octanol–water partition coefficient (Wildman–Crippen LogP) is 3.04. The molecular formula is C18H18ClN3O2. The zero-order chi connectivity index (χ0) is 17.4. The molecule has 6 heteroatoms. The predicted molar refractivity (Wildman–Crippen MR) is 93.3 cm³/mol. The molecule has 1 atom stereocenters. The van der Waals surface area contributed by atoms with Gasteiger partial charge in [-0.05, 0) is 35.7 Å². The van der Waals surface area contributed by atoms with Crippen LogP contribution in [0.25, 0.3) is 5.69 Å². The number of hydrogen-bond acceptors (Lipinski definition) is 4. The van der Waals surface area contributed by atoms with E-state index >= 15 is 0 Å². The third-order valence-corrected chi connectivity index (χ3v) is 4.66. The van der Waals surface area contributed by atoms with Gasteiger partial charge in [-0.2, -0.15) is 5.26 Å². The van der Waals surface area contributed by atoms with Gasteiger partial charge in [0.05, 0.1) is 24.0 Å². The molecule has 3 rings (SSSR count). The number of benzene rings is 1. The zero-order valence-electron chi connectivity index (χ0n) is 13.5. The average molecular weight is 344 g/mol. The molecule has 2 heterocycles. The maximum atomic E-state index is 12.9. The third kappa shape index (κ3) is 2.68. The summed E-state index contributed by atoms with van der Waals surface area (Å²) in [5.41, 5.74) is 8.09. The molecule has 0 amide bonds. The van der Waals surface area contributed by atoms with E-state index in [2.05, 4.69) is 19.9 Å². The number of pyridine rings is 1. The molecule has 0 bridgehead atoms. The van der Waals surface area contributed by atoms with Crippen molar-refractivity contribution in [3.63, 3.8) is 0 Å². The molecule has 1 aromatic heterocycles. The molecule has 1 aliphatic heterocycles. The molecule has 2 aromatic rings. The number of rotatable bonds is 2. The summed E-state index contributed by atoms with van der Waals surface area (Å²) in [6, 6.07) is 8.93. The summed E-state index contributed by atoms with van der Waals surface area (Å²) in [5, 5.41) is 10.2. The first-order valence-corrected chi connectivity index (χ1v) is 8.15. The maximum Gasteiger partial charge on any atom is 0.262 e. The molecule has 24 heavy (non-hydrogen) atoms. The van der Waals surface area contributed by atoms with E-state index in [1.807, 2.05) is 0 Å². The van der Waals surface area contributed by atoms with Crippen LogP contribution < -0.4 is 11.3 Å². The van der Waals surface area contributed by atoms with Crippen molar-refractivity contribution >= 4 is 17.4 Å². The van der Waals surface area contributed by atoms with Gasteiger partial charge in [-0.15, -0.1) is 0 Å². The van der Waals surface area contributed by atoms with Crippen LogP contribution in [0.3, 0.4) is 0 Å². The summed E-state index contributed by atoms with van der Waals surface area (Å²) in [5.74, 6) is 0.456. The summed E-state index contributed by atoms with van der Waals surface area (Å²) in [6.45, 7) is 4.31. The van der Waals surface area contributed by atoms with Gasteiger partial charge in [-0.1, -0.05) is 25.4 Å². The van der Waals surface area contributed by atoms with Crippen LogP contribution in [0.15, 0.2) is 29.1 Å². The number of nitrogens with two attached hydrogens (primary N) is 1. The van der Waals surface area contributed by atoms with Gasteiger partial charge in [0, 0.05) is 17.0 Å². The van der Waals surface area contributed by atoms with Crippen molar-refractivity contribution in [3.8, 4) is 11.8 Å². The van der Waals surface area contributed by atoms with Gasteiger partial charge < -0.3 is 10.5 Å². The first-order chi connectivity index (χ1) is 11.4. The van der Waals surface area contributed by atoms with E-state index in [4.69, 9.17) is 22.1 Å². The van der Waals surface area contributed by atoms with E-state index < -0.39 is 0 Å². The number of nitriles is 1. The molecule has 0 radical (unpaired) electrons. The van der Waals surface area contributed by atoms with Gasteiger partial charge >= 0.3 is 0 Å². The molecule has 1 aliphatic rings. The highest BCUT2D eigenvalue weighted by atomic mass is 35.5. The quantitative estimate of drug-likeness (QED) is 0.908. The molecule has 0 spiro atoms. The lowest BCUT2D eigenvalue weighted by Crippen LogP contribution is -2.36. The smallest absolute Gasteiger partial charge is 0.262 e. The third-order valence-electron chi connectivity index (χ3n) is 4.41. The van der Waals surface area contributed by atoms with Crippen molar-refractivity contribution in [1.29, 1.82) is 5.26 Å². The standard InChI is InChI=1S/C18H18ClN3O2/c1-10(2)16-7-13-14(8-20)17(21)22(18(23)15(13)9-24-16)12-5-3-11(19)4-6-12/h3-6,10,16H,7,9,21H2,1-2H3. The summed E-state index contributed by atoms with van der Waals surface area (Å²) >= 11 is 5.91. The van der Waals surface area contributed by atoms with Crippen molar-refractivity contribution in [2.24, 2.45) is 5.92 Å². The van der Waals surface area contributed by atoms with Crippen molar-refractivity contribution in [1.82, 2.24) is 4.57 Å². The van der Waals surface area contributed by atoms with Crippen LogP contribution in [-0.4, -0.2) is 10.7 Å². The fraction of sp³-hybridized carbons (Fsp3) is 0.333. The first kappa shape index (κ1) is 16.6. The second-order valence-electron chi connectivity index (χ2n) is 6.24. The molecule has 0 saturated carbocycles. The van der Waals surface area contributed by atoms with Crippen LogP contribution in [0, 0.1) is 17.2 Å². The lowest BCUT2D eigenvalue weighted by atomic mass is 9.91. The number of nitrogens with zero attached hydrogens (tertiary/aromatic N) is 2. The minimum absolute atomic E-state index is 0.0187. The minimum Gasteiger partial charge on any atom is -0.384 e. The molecule has 0 aliphatic carbocycles. The Morgan fingerprint density at radius 1 is 1.33 bits per heavy atom. The number of ether oxygens (including phenoxy) is 1. The van der Waals surface area contributed by atoms with Gasteiger partial charge in [-0.3, -0.25) is 9.36 Å². The summed E-state index contributed by atoms with van der Waals surface area (Å²) in [6.07, 6.45) is 0.506. The molecule has 0 saturated heterocycles. The number of hydrogen-bond donors (Lipinski definition) is 1. The molecule has 1 aromatic carbocycles. The molecule has 2 N–H and O–H groups in total. The lowest BCUT2D eigenvalue weighted by Gasteiger charge is -2.29. The topological polar surface area (TPSA) is 81.0 Å². The van der Waals surface area contributed by atoms with Crippen LogP contribution >= 0.6 is 11.6 Å². The van der Waals surface area contributed by atoms with E-state index in [0.29, 0.717) is 34.2 Å². The van der Waals surface area contributed by atoms with Crippen LogP contribution in [-0.2, 0) is 17.8 Å². The molecule has 5 nitrogen and oxygen atoms in total. The average Bonchev–Trinajstić information content (AvgIpc) is 2.56. The van der Waals surface area contributed by atoms with E-state index in [9.17, 15) is 10.1 Å². The summed E-state index contributed by atoms with van der Waals surface area (Å²) < 4.78 is 7.17. The Kier molecular flexibility index (Phi) is 4.35. The highest BCUT2D eigenvalue weighted by Crippen LogP contribution is 2.29. The Bertz CT molecular complexity index is 879. The highest BCUT2D eigenvalue weighted by Gasteiger charge is 2.29. The zero-order valence-corrected chi connectivity index (χ0v) is 14.3. The Labute approximate surface area is 145 Å². The largest absolute Gasteiger partial charge is 0.384 e. The SMILES string of the molecule is CC(C)C1Cc2c(C#N)c(N)n(-c3ccc(Cl)cc3)c(=O)c2CO1. The van der Waals surface area contributed by atoms with E-state index in [1.54, 1.807) is 24.3 Å². The Hall–Kier alpha value is -2.29. The van der Waals surface area contributed by atoms with Gasteiger partial charge in [0.1, 0.15) is 11.9 Å². The number of halogens is 1. The molecule has 1 unspecified atom stereocenters. The van der Waals surface area contributed by atoms with Gasteiger partial charge in [0.2, 0.25) is 0 Å². The van der Waals surface area contributed by atoms with Crippen molar-refractivity contribution in [2.45, 2.75) is 33.0 Å². The maximum absolute atomic E-state index is 12.9. The van der Waals surface area contributed by atoms with Gasteiger partial charge in [0.25, 0.3) is 5.56 Å². The summed E-state index contributed by atoms with van der Waals surface area (Å²) in [4.78, 5) is 12.9. The molecule has 124 valence electrons. The van der Waals surface area contributed by atoms with Crippen LogP contribution in [0.2, 0.25) is 5.02 Å². The van der Waals surface area contributed by atoms with Gasteiger partial charge in [0.15, 0.2) is 0 Å². The van der Waals surface area contributed by atoms with Crippen molar-refractivity contribution < 1.29 is 4.74 Å². The van der Waals surface area contributed by atoms with Crippen LogP contribution in [0.1, 0.15) is 30.5 Å². The Morgan fingerprint density at radius 2 is 2.00 bits per heavy atom. The Balaban J connectivity index is 2.23. The van der Waals surface area contributed by atoms with E-state index in [-0.39, 0.29) is 24.1 Å². The van der Waals surface area contributed by atoms with Gasteiger partial charge in [-0.25, -0.2) is 0 Å². The normalized spacial score (nSPS) is 16.7. The molecule has 0 fully saturated rings. The van der Waals surface area contributed by atoms with E-state index in [1.165, 1.54) is 4.57 Å². The number of nitrogen functional groups attached to an aromatic ring is 1. The number of fused-ring (bicyclic) bond motifs is 1. The highest BCUT2D eigenvalue weighted by molar-refractivity contribution is 6.30. The first-order valence-electron chi connectivity index (χ1n) is 7.78. The van der Waals surface area contributed by atoms with Crippen molar-refractivity contribution in [2.75, 3.05) is 5.73 Å². The second-order valence-corrected chi connectivity index (χ2v) is 6.68. The minimum atomic E-state index is -0.244. The fourth-order valence-corrected chi connectivity index (χ4v) is 3.14. The molecular weight excluding hydrogens is 326 g/mol. The van der Waals surface area contributed by atoms with Crippen LogP contribution in [0.4, 0.5) is 5.82 Å². The summed E-state index contributed by atoms with van der Waals surface area (Å²) in [7, 11) is 0. The number of anilines is 1. The van der Waals surface area contributed by atoms with Crippen LogP contribution in [0.5, 0.6) is 0 Å². The van der Waals surface area contributed by atoms with E-state index in [0.717, 1.165) is 5.56 Å². The fourth-order valence-electron chi connectivity index (χ4n) is 3.01. The monoisotopic (exact) mass is 343 g/mol. The number of aromatic nitrogens is 1. The van der Waals surface area contributed by atoms with Crippen molar-refractivity contribution in [3.05, 3.63) is 56.3 Å². The Morgan fingerprint density at radius 3 is 2.58 bits per heavy atom.